The number of esters is 1. The van der Waals surface area contributed by atoms with Crippen LogP contribution in [-0.4, -0.2) is 35.1 Å². The molecule has 0 N–H and O–H groups in total. The number of hydrogen-bond acceptors (Lipinski definition) is 7. The molecule has 1 atom stereocenters. The van der Waals surface area contributed by atoms with Crippen molar-refractivity contribution >= 4 is 17.5 Å². The molecule has 10 heteroatoms. The van der Waals surface area contributed by atoms with Crippen LogP contribution in [0.1, 0.15) is 54.6 Å². The number of benzene rings is 2. The first-order valence-electron chi connectivity index (χ1n) is 11.8. The maximum absolute atomic E-state index is 12.7. The van der Waals surface area contributed by atoms with E-state index in [0.29, 0.717) is 44.0 Å². The zero-order valence-electron chi connectivity index (χ0n) is 20.1. The number of hydrogen-bond donors (Lipinski definition) is 0. The number of carbonyl (C=O) groups is 1. The first-order valence-corrected chi connectivity index (χ1v) is 12.6. The second-order valence-corrected chi connectivity index (χ2v) is 9.31. The van der Waals surface area contributed by atoms with Crippen LogP contribution in [0.5, 0.6) is 11.5 Å². The third kappa shape index (κ3) is 6.34. The Morgan fingerprint density at radius 1 is 1.14 bits per heavy atom. The first kappa shape index (κ1) is 25.9. The van der Waals surface area contributed by atoms with Crippen molar-refractivity contribution < 1.29 is 32.2 Å². The molecule has 36 heavy (non-hydrogen) atoms. The summed E-state index contributed by atoms with van der Waals surface area (Å²) in [5, 5.41) is 0.215. The number of carbonyl (C=O) groups excluding carboxylic acids is 1. The average Bonchev–Trinajstić information content (AvgIpc) is 3.48. The summed E-state index contributed by atoms with van der Waals surface area (Å²) < 4.78 is 58.4. The van der Waals surface area contributed by atoms with Gasteiger partial charge in [0.2, 0.25) is 5.82 Å². The van der Waals surface area contributed by atoms with E-state index in [4.69, 9.17) is 14.2 Å². The summed E-state index contributed by atoms with van der Waals surface area (Å²) in [6.45, 7) is 4.96. The molecule has 3 aromatic rings. The SMILES string of the molecule is CCOC(=O)C[C@@H]1CCc2cc(OCCCOc3ccc(-c4nc(C(F)(F)F)ns4)cc3C)ccc21. The van der Waals surface area contributed by atoms with E-state index < -0.39 is 12.0 Å². The van der Waals surface area contributed by atoms with Crippen LogP contribution >= 0.6 is 11.5 Å². The minimum Gasteiger partial charge on any atom is -0.493 e. The number of ether oxygens (including phenoxy) is 3. The number of halogens is 3. The van der Waals surface area contributed by atoms with Crippen molar-refractivity contribution in [2.45, 2.75) is 51.6 Å². The molecule has 0 fully saturated rings. The lowest BCUT2D eigenvalue weighted by atomic mass is 9.98. The molecule has 0 saturated heterocycles. The molecule has 1 aromatic heterocycles. The fourth-order valence-electron chi connectivity index (χ4n) is 4.24. The van der Waals surface area contributed by atoms with Gasteiger partial charge in [-0.15, -0.1) is 0 Å². The maximum Gasteiger partial charge on any atom is 0.452 e. The molecule has 0 spiro atoms. The molecule has 0 radical (unpaired) electrons. The smallest absolute Gasteiger partial charge is 0.452 e. The van der Waals surface area contributed by atoms with Gasteiger partial charge in [-0.1, -0.05) is 6.07 Å². The standard InChI is InChI=1S/C26H27F3N2O4S/c1-3-33-23(32)15-18-6-5-17-14-20(8-9-21(17)18)34-11-4-12-35-22-10-7-19(13-16(22)2)24-30-25(31-36-24)26(27,28)29/h7-10,13-14,18H,3-6,11-12,15H2,1-2H3/t18-/m0/s1. The van der Waals surface area contributed by atoms with Crippen LogP contribution < -0.4 is 9.47 Å². The van der Waals surface area contributed by atoms with Crippen molar-refractivity contribution in [3.8, 4) is 22.1 Å². The molecular weight excluding hydrogens is 493 g/mol. The minimum atomic E-state index is -4.55. The topological polar surface area (TPSA) is 70.5 Å². The number of nitrogens with zero attached hydrogens (tertiary/aromatic N) is 2. The van der Waals surface area contributed by atoms with Crippen molar-refractivity contribution in [2.24, 2.45) is 0 Å². The molecular formula is C26H27F3N2O4S. The third-order valence-electron chi connectivity index (χ3n) is 5.95. The van der Waals surface area contributed by atoms with Gasteiger partial charge >= 0.3 is 12.1 Å². The highest BCUT2D eigenvalue weighted by molar-refractivity contribution is 7.09. The van der Waals surface area contributed by atoms with Gasteiger partial charge in [-0.25, -0.2) is 4.98 Å². The summed E-state index contributed by atoms with van der Waals surface area (Å²) in [7, 11) is 0. The second-order valence-electron chi connectivity index (χ2n) is 8.56. The Morgan fingerprint density at radius 2 is 1.94 bits per heavy atom. The molecule has 4 rings (SSSR count). The fraction of sp³-hybridized carbons (Fsp3) is 0.423. The molecule has 0 bridgehead atoms. The van der Waals surface area contributed by atoms with Gasteiger partial charge in [0.15, 0.2) is 0 Å². The van der Waals surface area contributed by atoms with Gasteiger partial charge in [-0.05, 0) is 91.2 Å². The van der Waals surface area contributed by atoms with E-state index >= 15 is 0 Å². The molecule has 1 aliphatic carbocycles. The molecule has 1 aliphatic rings. The quantitative estimate of drug-likeness (QED) is 0.229. The molecule has 0 aliphatic heterocycles. The predicted octanol–water partition coefficient (Wildman–Crippen LogP) is 6.36. The molecule has 0 amide bonds. The Labute approximate surface area is 211 Å². The summed E-state index contributed by atoms with van der Waals surface area (Å²) in [6.07, 6.45) is -1.62. The van der Waals surface area contributed by atoms with Crippen LogP contribution in [0.2, 0.25) is 0 Å². The van der Waals surface area contributed by atoms with Crippen molar-refractivity contribution in [2.75, 3.05) is 19.8 Å². The highest BCUT2D eigenvalue weighted by Gasteiger charge is 2.36. The van der Waals surface area contributed by atoms with Crippen LogP contribution in [0.4, 0.5) is 13.2 Å². The predicted molar refractivity (Wildman–Crippen MR) is 129 cm³/mol. The Balaban J connectivity index is 1.24. The highest BCUT2D eigenvalue weighted by Crippen LogP contribution is 2.37. The van der Waals surface area contributed by atoms with Gasteiger partial charge < -0.3 is 14.2 Å². The largest absolute Gasteiger partial charge is 0.493 e. The van der Waals surface area contributed by atoms with E-state index in [2.05, 4.69) is 9.36 Å². The van der Waals surface area contributed by atoms with Crippen LogP contribution in [0, 0.1) is 6.92 Å². The third-order valence-corrected chi connectivity index (χ3v) is 6.72. The van der Waals surface area contributed by atoms with Gasteiger partial charge in [0.05, 0.1) is 26.2 Å². The lowest BCUT2D eigenvalue weighted by Gasteiger charge is -2.13. The Bertz CT molecular complexity index is 1210. The fourth-order valence-corrected chi connectivity index (χ4v) is 4.91. The Morgan fingerprint density at radius 3 is 2.67 bits per heavy atom. The summed E-state index contributed by atoms with van der Waals surface area (Å²) in [4.78, 5) is 15.4. The van der Waals surface area contributed by atoms with Gasteiger partial charge in [0, 0.05) is 12.0 Å². The van der Waals surface area contributed by atoms with E-state index in [1.54, 1.807) is 18.2 Å². The van der Waals surface area contributed by atoms with Crippen molar-refractivity contribution in [1.82, 2.24) is 9.36 Å². The second kappa shape index (κ2) is 11.3. The van der Waals surface area contributed by atoms with Gasteiger partial charge in [0.25, 0.3) is 0 Å². The molecule has 6 nitrogen and oxygen atoms in total. The number of aryl methyl sites for hydroxylation is 2. The van der Waals surface area contributed by atoms with Gasteiger partial charge in [0.1, 0.15) is 16.5 Å². The molecule has 0 unspecified atom stereocenters. The van der Waals surface area contributed by atoms with Gasteiger partial charge in [-0.2, -0.15) is 17.5 Å². The van der Waals surface area contributed by atoms with Crippen LogP contribution in [-0.2, 0) is 22.1 Å². The number of fused-ring (bicyclic) bond motifs is 1. The van der Waals surface area contributed by atoms with E-state index in [1.807, 2.05) is 32.0 Å². The lowest BCUT2D eigenvalue weighted by Crippen LogP contribution is -2.08. The number of alkyl halides is 3. The molecule has 0 saturated carbocycles. The zero-order chi connectivity index (χ0) is 25.7. The van der Waals surface area contributed by atoms with Crippen LogP contribution in [0.3, 0.4) is 0 Å². The molecule has 1 heterocycles. The summed E-state index contributed by atoms with van der Waals surface area (Å²) in [6, 6.07) is 11.2. The summed E-state index contributed by atoms with van der Waals surface area (Å²) in [5.74, 6) is 0.372. The Kier molecular flexibility index (Phi) is 8.13. The number of rotatable bonds is 10. The zero-order valence-corrected chi connectivity index (χ0v) is 20.9. The lowest BCUT2D eigenvalue weighted by molar-refractivity contribution is -0.144. The van der Waals surface area contributed by atoms with Crippen molar-refractivity contribution in [1.29, 1.82) is 0 Å². The normalized spacial score (nSPS) is 15.0. The van der Waals surface area contributed by atoms with Crippen molar-refractivity contribution in [3.05, 3.63) is 58.9 Å². The van der Waals surface area contributed by atoms with E-state index in [1.165, 1.54) is 11.1 Å². The summed E-state index contributed by atoms with van der Waals surface area (Å²) in [5.41, 5.74) is 3.78. The van der Waals surface area contributed by atoms with Crippen LogP contribution in [0.25, 0.3) is 10.6 Å². The van der Waals surface area contributed by atoms with Crippen LogP contribution in [0.15, 0.2) is 36.4 Å². The van der Waals surface area contributed by atoms with E-state index in [-0.39, 0.29) is 16.9 Å². The van der Waals surface area contributed by atoms with E-state index in [0.717, 1.165) is 35.7 Å². The summed E-state index contributed by atoms with van der Waals surface area (Å²) >= 11 is 0.719. The Hall–Kier alpha value is -3.14. The number of aromatic nitrogens is 2. The monoisotopic (exact) mass is 520 g/mol. The molecule has 2 aromatic carbocycles. The molecule has 192 valence electrons. The van der Waals surface area contributed by atoms with Gasteiger partial charge in [-0.3, -0.25) is 4.79 Å². The van der Waals surface area contributed by atoms with E-state index in [9.17, 15) is 18.0 Å². The maximum atomic E-state index is 12.7. The highest BCUT2D eigenvalue weighted by atomic mass is 32.1. The average molecular weight is 521 g/mol. The minimum absolute atomic E-state index is 0.156. The van der Waals surface area contributed by atoms with Crippen molar-refractivity contribution in [3.63, 3.8) is 0 Å². The first-order chi connectivity index (χ1) is 17.2.